The standard InChI is InChI=1S/C11H24N4O/c1-4-14-5-7-15(8-6-14)9-11(2,13-3)10(12)16/h13H,4-9H2,1-3H3,(H2,12,16). The molecule has 5 heteroatoms. The van der Waals surface area contributed by atoms with E-state index in [0.29, 0.717) is 6.54 Å². The van der Waals surface area contributed by atoms with Crippen LogP contribution in [-0.2, 0) is 4.79 Å². The molecule has 0 saturated carbocycles. The minimum absolute atomic E-state index is 0.284. The van der Waals surface area contributed by atoms with Crippen LogP contribution in [0.1, 0.15) is 13.8 Å². The number of hydrogen-bond acceptors (Lipinski definition) is 4. The molecule has 1 saturated heterocycles. The number of carbonyl (C=O) groups is 1. The van der Waals surface area contributed by atoms with Crippen molar-refractivity contribution in [1.82, 2.24) is 15.1 Å². The van der Waals surface area contributed by atoms with Crippen molar-refractivity contribution in [2.24, 2.45) is 5.73 Å². The molecule has 16 heavy (non-hydrogen) atoms. The molecule has 0 aromatic rings. The molecule has 0 aromatic heterocycles. The van der Waals surface area contributed by atoms with E-state index in [0.717, 1.165) is 32.7 Å². The van der Waals surface area contributed by atoms with E-state index in [1.807, 2.05) is 6.92 Å². The summed E-state index contributed by atoms with van der Waals surface area (Å²) in [6, 6.07) is 0. The number of likely N-dealkylation sites (N-methyl/N-ethyl adjacent to an activating group) is 2. The molecule has 1 aliphatic heterocycles. The SMILES string of the molecule is CCN1CCN(CC(C)(NC)C(N)=O)CC1. The number of primary amides is 1. The fourth-order valence-electron chi connectivity index (χ4n) is 1.99. The fourth-order valence-corrected chi connectivity index (χ4v) is 1.99. The van der Waals surface area contributed by atoms with E-state index in [1.54, 1.807) is 7.05 Å². The molecule has 0 bridgehead atoms. The minimum Gasteiger partial charge on any atom is -0.368 e. The molecular weight excluding hydrogens is 204 g/mol. The Morgan fingerprint density at radius 3 is 2.19 bits per heavy atom. The molecule has 1 atom stereocenters. The topological polar surface area (TPSA) is 61.6 Å². The molecule has 1 fully saturated rings. The van der Waals surface area contributed by atoms with Crippen molar-refractivity contribution in [2.75, 3.05) is 46.3 Å². The van der Waals surface area contributed by atoms with Gasteiger partial charge in [-0.25, -0.2) is 0 Å². The number of hydrogen-bond donors (Lipinski definition) is 2. The van der Waals surface area contributed by atoms with Gasteiger partial charge in [0.1, 0.15) is 5.54 Å². The van der Waals surface area contributed by atoms with Gasteiger partial charge in [-0.1, -0.05) is 6.92 Å². The highest BCUT2D eigenvalue weighted by molar-refractivity contribution is 5.84. The van der Waals surface area contributed by atoms with Crippen molar-refractivity contribution in [1.29, 1.82) is 0 Å². The van der Waals surface area contributed by atoms with Gasteiger partial charge < -0.3 is 16.0 Å². The number of carbonyl (C=O) groups excluding carboxylic acids is 1. The summed E-state index contributed by atoms with van der Waals surface area (Å²) in [5.41, 5.74) is 4.80. The molecule has 5 nitrogen and oxygen atoms in total. The maximum Gasteiger partial charge on any atom is 0.238 e. The van der Waals surface area contributed by atoms with Crippen molar-refractivity contribution >= 4 is 5.91 Å². The van der Waals surface area contributed by atoms with Crippen LogP contribution in [0.25, 0.3) is 0 Å². The second-order valence-electron chi connectivity index (χ2n) is 4.66. The highest BCUT2D eigenvalue weighted by Gasteiger charge is 2.32. The molecule has 1 unspecified atom stereocenters. The highest BCUT2D eigenvalue weighted by Crippen LogP contribution is 2.08. The lowest BCUT2D eigenvalue weighted by atomic mass is 10.0. The number of rotatable bonds is 5. The van der Waals surface area contributed by atoms with Gasteiger partial charge in [0.05, 0.1) is 0 Å². The van der Waals surface area contributed by atoms with E-state index in [9.17, 15) is 4.79 Å². The van der Waals surface area contributed by atoms with Crippen LogP contribution < -0.4 is 11.1 Å². The minimum atomic E-state index is -0.617. The van der Waals surface area contributed by atoms with Gasteiger partial charge in [0.25, 0.3) is 0 Å². The van der Waals surface area contributed by atoms with Crippen LogP contribution in [-0.4, -0.2) is 67.6 Å². The number of piperazine rings is 1. The molecular formula is C11H24N4O. The van der Waals surface area contributed by atoms with E-state index in [1.165, 1.54) is 0 Å². The third kappa shape index (κ3) is 3.17. The molecule has 94 valence electrons. The molecule has 1 rings (SSSR count). The van der Waals surface area contributed by atoms with Crippen LogP contribution in [0.15, 0.2) is 0 Å². The fraction of sp³-hybridized carbons (Fsp3) is 0.909. The quantitative estimate of drug-likeness (QED) is 0.639. The molecule has 1 amide bonds. The maximum absolute atomic E-state index is 11.4. The Hall–Kier alpha value is -0.650. The molecule has 1 aliphatic rings. The highest BCUT2D eigenvalue weighted by atomic mass is 16.1. The molecule has 0 spiro atoms. The van der Waals surface area contributed by atoms with Crippen LogP contribution in [0.3, 0.4) is 0 Å². The van der Waals surface area contributed by atoms with Gasteiger partial charge >= 0.3 is 0 Å². The van der Waals surface area contributed by atoms with Crippen molar-refractivity contribution in [3.05, 3.63) is 0 Å². The Labute approximate surface area is 98.0 Å². The number of nitrogens with one attached hydrogen (secondary N) is 1. The normalized spacial score (nSPS) is 22.9. The second-order valence-corrected chi connectivity index (χ2v) is 4.66. The van der Waals surface area contributed by atoms with E-state index >= 15 is 0 Å². The Kier molecular flexibility index (Phi) is 4.70. The number of nitrogens with zero attached hydrogens (tertiary/aromatic N) is 2. The third-order valence-electron chi connectivity index (χ3n) is 3.55. The first kappa shape index (κ1) is 13.4. The Morgan fingerprint density at radius 1 is 1.31 bits per heavy atom. The van der Waals surface area contributed by atoms with Gasteiger partial charge in [-0.15, -0.1) is 0 Å². The lowest BCUT2D eigenvalue weighted by Gasteiger charge is -2.38. The average Bonchev–Trinajstić information content (AvgIpc) is 2.29. The third-order valence-corrected chi connectivity index (χ3v) is 3.55. The largest absolute Gasteiger partial charge is 0.368 e. The lowest BCUT2D eigenvalue weighted by Crippen LogP contribution is -2.60. The van der Waals surface area contributed by atoms with Gasteiger partial charge in [-0.3, -0.25) is 9.69 Å². The zero-order valence-electron chi connectivity index (χ0n) is 10.6. The van der Waals surface area contributed by atoms with Gasteiger partial charge in [-0.2, -0.15) is 0 Å². The van der Waals surface area contributed by atoms with Crippen LogP contribution in [0.2, 0.25) is 0 Å². The van der Waals surface area contributed by atoms with Crippen LogP contribution in [0, 0.1) is 0 Å². The van der Waals surface area contributed by atoms with Crippen molar-refractivity contribution < 1.29 is 4.79 Å². The van der Waals surface area contributed by atoms with E-state index < -0.39 is 5.54 Å². The average molecular weight is 228 g/mol. The Morgan fingerprint density at radius 2 is 1.81 bits per heavy atom. The summed E-state index contributed by atoms with van der Waals surface area (Å²) >= 11 is 0. The predicted octanol–water partition coefficient (Wildman–Crippen LogP) is -0.913. The molecule has 3 N–H and O–H groups in total. The first-order valence-electron chi connectivity index (χ1n) is 5.95. The first-order valence-corrected chi connectivity index (χ1v) is 5.95. The Balaban J connectivity index is 2.46. The predicted molar refractivity (Wildman–Crippen MR) is 65.2 cm³/mol. The smallest absolute Gasteiger partial charge is 0.238 e. The van der Waals surface area contributed by atoms with Crippen LogP contribution in [0.4, 0.5) is 0 Å². The lowest BCUT2D eigenvalue weighted by molar-refractivity contribution is -0.124. The summed E-state index contributed by atoms with van der Waals surface area (Å²) in [7, 11) is 1.78. The molecule has 1 heterocycles. The molecule has 0 radical (unpaired) electrons. The monoisotopic (exact) mass is 228 g/mol. The van der Waals surface area contributed by atoms with Gasteiger partial charge in [0.15, 0.2) is 0 Å². The van der Waals surface area contributed by atoms with Crippen molar-refractivity contribution in [2.45, 2.75) is 19.4 Å². The van der Waals surface area contributed by atoms with E-state index in [2.05, 4.69) is 22.0 Å². The number of nitrogens with two attached hydrogens (primary N) is 1. The Bertz CT molecular complexity index is 238. The van der Waals surface area contributed by atoms with E-state index in [4.69, 9.17) is 5.73 Å². The zero-order chi connectivity index (χ0) is 12.2. The van der Waals surface area contributed by atoms with Crippen molar-refractivity contribution in [3.63, 3.8) is 0 Å². The molecule has 0 aliphatic carbocycles. The van der Waals surface area contributed by atoms with E-state index in [-0.39, 0.29) is 5.91 Å². The summed E-state index contributed by atoms with van der Waals surface area (Å²) in [4.78, 5) is 16.1. The summed E-state index contributed by atoms with van der Waals surface area (Å²) in [5, 5.41) is 3.02. The van der Waals surface area contributed by atoms with Gasteiger partial charge in [0.2, 0.25) is 5.91 Å². The first-order chi connectivity index (χ1) is 7.51. The maximum atomic E-state index is 11.4. The summed E-state index contributed by atoms with van der Waals surface area (Å²) < 4.78 is 0. The van der Waals surface area contributed by atoms with Gasteiger partial charge in [-0.05, 0) is 20.5 Å². The molecule has 0 aromatic carbocycles. The summed E-state index contributed by atoms with van der Waals surface area (Å²) in [5.74, 6) is -0.284. The zero-order valence-corrected chi connectivity index (χ0v) is 10.6. The summed E-state index contributed by atoms with van der Waals surface area (Å²) in [6.45, 7) is 10.0. The van der Waals surface area contributed by atoms with Crippen molar-refractivity contribution in [3.8, 4) is 0 Å². The second kappa shape index (κ2) is 5.61. The van der Waals surface area contributed by atoms with Gasteiger partial charge in [0, 0.05) is 32.7 Å². The summed E-state index contributed by atoms with van der Waals surface area (Å²) in [6.07, 6.45) is 0. The number of amides is 1. The van der Waals surface area contributed by atoms with Crippen LogP contribution in [0.5, 0.6) is 0 Å². The van der Waals surface area contributed by atoms with Crippen LogP contribution >= 0.6 is 0 Å².